The van der Waals surface area contributed by atoms with Crippen LogP contribution >= 0.6 is 0 Å². The van der Waals surface area contributed by atoms with Gasteiger partial charge in [-0.25, -0.2) is 0 Å². The highest BCUT2D eigenvalue weighted by molar-refractivity contribution is 6.00. The van der Waals surface area contributed by atoms with E-state index in [4.69, 9.17) is 4.99 Å². The molecule has 1 aliphatic rings. The standard InChI is InChI=1S/C58H45N3/c1-58(2)41-59-57-55(61(52-35-27-48(28-36-52)44-19-11-5-12-20-44)53-37-29-49(30-38-53)45-21-13-6-14-22-45)40-39-54(56(57)58)60(50-31-23-46(24-32-50)42-15-7-3-8-16-42)51-33-25-47(26-34-51)43-17-9-4-10-18-43/h3-41H,1-2H3. The van der Waals surface area contributed by atoms with Gasteiger partial charge in [-0.3, -0.25) is 4.99 Å². The van der Waals surface area contributed by atoms with Crippen LogP contribution in [0.15, 0.2) is 236 Å². The molecule has 0 N–H and O–H groups in total. The summed E-state index contributed by atoms with van der Waals surface area (Å²) in [7, 11) is 0. The highest BCUT2D eigenvalue weighted by Crippen LogP contribution is 2.54. The number of hydrogen-bond acceptors (Lipinski definition) is 3. The van der Waals surface area contributed by atoms with Crippen LogP contribution in [-0.4, -0.2) is 6.21 Å². The van der Waals surface area contributed by atoms with Crippen LogP contribution in [0.3, 0.4) is 0 Å². The summed E-state index contributed by atoms with van der Waals surface area (Å²) in [4.78, 5) is 10.1. The quantitative estimate of drug-likeness (QED) is 0.138. The molecule has 9 aromatic carbocycles. The molecular formula is C58H45N3. The van der Waals surface area contributed by atoms with Crippen molar-refractivity contribution in [3.05, 3.63) is 236 Å². The Kier molecular flexibility index (Phi) is 9.92. The molecule has 1 aliphatic heterocycles. The second-order valence-electron chi connectivity index (χ2n) is 16.1. The van der Waals surface area contributed by atoms with Crippen LogP contribution in [0.5, 0.6) is 0 Å². The minimum absolute atomic E-state index is 0.354. The third-order valence-corrected chi connectivity index (χ3v) is 11.7. The summed E-state index contributed by atoms with van der Waals surface area (Å²) < 4.78 is 0. The lowest BCUT2D eigenvalue weighted by Gasteiger charge is -2.33. The van der Waals surface area contributed by atoms with Gasteiger partial charge in [0.1, 0.15) is 0 Å². The molecule has 0 radical (unpaired) electrons. The van der Waals surface area contributed by atoms with Crippen molar-refractivity contribution >= 4 is 46.0 Å². The molecule has 292 valence electrons. The predicted molar refractivity (Wildman–Crippen MR) is 259 cm³/mol. The average Bonchev–Trinajstić information content (AvgIpc) is 3.66. The van der Waals surface area contributed by atoms with Crippen molar-refractivity contribution < 1.29 is 0 Å². The molecule has 0 aliphatic carbocycles. The number of nitrogens with zero attached hydrogens (tertiary/aromatic N) is 3. The van der Waals surface area contributed by atoms with Gasteiger partial charge in [0.2, 0.25) is 0 Å². The molecule has 0 spiro atoms. The second-order valence-corrected chi connectivity index (χ2v) is 16.1. The van der Waals surface area contributed by atoms with Crippen molar-refractivity contribution in [2.75, 3.05) is 9.80 Å². The fraction of sp³-hybridized carbons (Fsp3) is 0.0517. The first-order chi connectivity index (χ1) is 30.0. The van der Waals surface area contributed by atoms with Gasteiger partial charge in [0.05, 0.1) is 17.1 Å². The largest absolute Gasteiger partial charge is 0.310 e. The Morgan fingerprint density at radius 2 is 0.557 bits per heavy atom. The van der Waals surface area contributed by atoms with Gasteiger partial charge < -0.3 is 9.80 Å². The van der Waals surface area contributed by atoms with E-state index in [1.165, 1.54) is 50.1 Å². The SMILES string of the molecule is CC1(C)C=Nc2c(N(c3ccc(-c4ccccc4)cc3)c3ccc(-c4ccccc4)cc3)ccc(N(c3ccc(-c4ccccc4)cc3)c3ccc(-c4ccccc4)cc3)c21. The number of hydrogen-bond donors (Lipinski definition) is 0. The maximum absolute atomic E-state index is 5.30. The maximum atomic E-state index is 5.30. The van der Waals surface area contributed by atoms with Crippen LogP contribution in [0.25, 0.3) is 44.5 Å². The Labute approximate surface area is 359 Å². The molecule has 0 aromatic heterocycles. The Balaban J connectivity index is 1.13. The molecular weight excluding hydrogens is 739 g/mol. The van der Waals surface area contributed by atoms with Gasteiger partial charge in [0.25, 0.3) is 0 Å². The molecule has 0 fully saturated rings. The van der Waals surface area contributed by atoms with E-state index in [1.807, 2.05) is 0 Å². The summed E-state index contributed by atoms with van der Waals surface area (Å²) in [5.41, 5.74) is 17.7. The topological polar surface area (TPSA) is 18.8 Å². The molecule has 1 heterocycles. The van der Waals surface area contributed by atoms with Crippen LogP contribution in [0.2, 0.25) is 0 Å². The smallest absolute Gasteiger partial charge is 0.0928 e. The van der Waals surface area contributed by atoms with Crippen LogP contribution in [-0.2, 0) is 5.41 Å². The third-order valence-electron chi connectivity index (χ3n) is 11.7. The van der Waals surface area contributed by atoms with E-state index in [-0.39, 0.29) is 5.41 Å². The minimum Gasteiger partial charge on any atom is -0.310 e. The third kappa shape index (κ3) is 7.43. The molecule has 0 bridgehead atoms. The van der Waals surface area contributed by atoms with Gasteiger partial charge in [-0.05, 0) is 105 Å². The average molecular weight is 784 g/mol. The Morgan fingerprint density at radius 1 is 0.295 bits per heavy atom. The second kappa shape index (κ2) is 16.1. The highest BCUT2D eigenvalue weighted by Gasteiger charge is 2.35. The molecule has 0 saturated heterocycles. The van der Waals surface area contributed by atoms with Crippen molar-refractivity contribution in [2.45, 2.75) is 19.3 Å². The van der Waals surface area contributed by atoms with Crippen LogP contribution in [0.1, 0.15) is 19.4 Å². The fourth-order valence-electron chi connectivity index (χ4n) is 8.58. The minimum atomic E-state index is -0.354. The predicted octanol–water partition coefficient (Wildman–Crippen LogP) is 16.3. The zero-order valence-electron chi connectivity index (χ0n) is 34.4. The molecule has 0 amide bonds. The Hall–Kier alpha value is -7.75. The summed E-state index contributed by atoms with van der Waals surface area (Å²) in [5.74, 6) is 0. The van der Waals surface area contributed by atoms with Crippen LogP contribution < -0.4 is 9.80 Å². The van der Waals surface area contributed by atoms with Crippen molar-refractivity contribution in [2.24, 2.45) is 4.99 Å². The molecule has 10 rings (SSSR count). The summed E-state index contributed by atoms with van der Waals surface area (Å²) >= 11 is 0. The number of fused-ring (bicyclic) bond motifs is 1. The van der Waals surface area contributed by atoms with Gasteiger partial charge in [0, 0.05) is 39.9 Å². The maximum Gasteiger partial charge on any atom is 0.0928 e. The zero-order valence-corrected chi connectivity index (χ0v) is 34.4. The van der Waals surface area contributed by atoms with Crippen LogP contribution in [0, 0.1) is 0 Å². The normalized spacial score (nSPS) is 12.5. The van der Waals surface area contributed by atoms with E-state index in [9.17, 15) is 0 Å². The molecule has 3 heteroatoms. The molecule has 9 aromatic rings. The lowest BCUT2D eigenvalue weighted by molar-refractivity contribution is 0.752. The van der Waals surface area contributed by atoms with Crippen molar-refractivity contribution in [1.82, 2.24) is 0 Å². The Bertz CT molecular complexity index is 2760. The van der Waals surface area contributed by atoms with E-state index in [1.54, 1.807) is 0 Å². The lowest BCUT2D eigenvalue weighted by Crippen LogP contribution is -2.21. The first-order valence-electron chi connectivity index (χ1n) is 21.0. The number of rotatable bonds is 10. The van der Waals surface area contributed by atoms with Crippen molar-refractivity contribution in [1.29, 1.82) is 0 Å². The Morgan fingerprint density at radius 3 is 0.869 bits per heavy atom. The van der Waals surface area contributed by atoms with Crippen molar-refractivity contribution in [3.8, 4) is 44.5 Å². The van der Waals surface area contributed by atoms with E-state index >= 15 is 0 Å². The van der Waals surface area contributed by atoms with Gasteiger partial charge >= 0.3 is 0 Å². The van der Waals surface area contributed by atoms with E-state index < -0.39 is 0 Å². The molecule has 0 atom stereocenters. The molecule has 0 saturated carbocycles. The monoisotopic (exact) mass is 783 g/mol. The van der Waals surface area contributed by atoms with E-state index in [0.717, 1.165) is 39.8 Å². The van der Waals surface area contributed by atoms with Gasteiger partial charge in [0.15, 0.2) is 0 Å². The fourth-order valence-corrected chi connectivity index (χ4v) is 8.58. The van der Waals surface area contributed by atoms with Gasteiger partial charge in [-0.1, -0.05) is 184 Å². The van der Waals surface area contributed by atoms with Crippen LogP contribution in [0.4, 0.5) is 39.8 Å². The summed E-state index contributed by atoms with van der Waals surface area (Å²) in [5, 5.41) is 0. The summed E-state index contributed by atoms with van der Waals surface area (Å²) in [6, 6.07) is 82.5. The van der Waals surface area contributed by atoms with E-state index in [0.29, 0.717) is 0 Å². The molecule has 3 nitrogen and oxygen atoms in total. The summed E-state index contributed by atoms with van der Waals surface area (Å²) in [6.07, 6.45) is 2.12. The van der Waals surface area contributed by atoms with Crippen molar-refractivity contribution in [3.63, 3.8) is 0 Å². The number of benzene rings is 9. The first-order valence-corrected chi connectivity index (χ1v) is 21.0. The summed E-state index contributed by atoms with van der Waals surface area (Å²) in [6.45, 7) is 4.55. The highest BCUT2D eigenvalue weighted by atomic mass is 15.2. The first kappa shape index (κ1) is 37.5. The molecule has 61 heavy (non-hydrogen) atoms. The lowest BCUT2D eigenvalue weighted by atomic mass is 9.84. The number of anilines is 6. The molecule has 0 unspecified atom stereocenters. The van der Waals surface area contributed by atoms with Gasteiger partial charge in [-0.2, -0.15) is 0 Å². The number of aliphatic imine (C=N–C) groups is 1. The van der Waals surface area contributed by atoms with Gasteiger partial charge in [-0.15, -0.1) is 0 Å². The van der Waals surface area contributed by atoms with E-state index in [2.05, 4.69) is 260 Å². The zero-order chi connectivity index (χ0) is 41.2.